The average Bonchev–Trinajstić information content (AvgIpc) is 3.40. The third-order valence-electron chi connectivity index (χ3n) is 3.41. The van der Waals surface area contributed by atoms with Crippen molar-refractivity contribution in [2.24, 2.45) is 0 Å². The van der Waals surface area contributed by atoms with Gasteiger partial charge in [-0.2, -0.15) is 0 Å². The summed E-state index contributed by atoms with van der Waals surface area (Å²) in [5, 5.41) is 7.89. The zero-order chi connectivity index (χ0) is 21.9. The Morgan fingerprint density at radius 3 is 1.86 bits per heavy atom. The number of carboxylic acids is 1. The summed E-state index contributed by atoms with van der Waals surface area (Å²) in [6.07, 6.45) is 17.2. The van der Waals surface area contributed by atoms with E-state index in [9.17, 15) is 9.59 Å². The number of hydrogen-bond acceptors (Lipinski definition) is 5. The monoisotopic (exact) mass is 404 g/mol. The fourth-order valence-electron chi connectivity index (χ4n) is 1.79. The highest BCUT2D eigenvalue weighted by atomic mass is 16.5. The lowest BCUT2D eigenvalue weighted by Gasteiger charge is -2.08. The number of carboxylic acid groups (broad SMARTS) is 1. The predicted molar refractivity (Wildman–Crippen MR) is 114 cm³/mol. The first-order chi connectivity index (χ1) is 13.9. The van der Waals surface area contributed by atoms with Gasteiger partial charge in [0.2, 0.25) is 0 Å². The van der Waals surface area contributed by atoms with Crippen LogP contribution < -0.4 is 0 Å². The van der Waals surface area contributed by atoms with Gasteiger partial charge in [0.15, 0.2) is 0 Å². The molecule has 0 aromatic carbocycles. The van der Waals surface area contributed by atoms with E-state index < -0.39 is 5.97 Å². The number of hydrogen-bond donors (Lipinski definition) is 1. The van der Waals surface area contributed by atoms with Gasteiger partial charge in [0.05, 0.1) is 18.1 Å². The maximum Gasteiger partial charge on any atom is 0.330 e. The smallest absolute Gasteiger partial charge is 0.330 e. The zero-order valence-electron chi connectivity index (χ0n) is 17.4. The summed E-state index contributed by atoms with van der Waals surface area (Å²) >= 11 is 0. The van der Waals surface area contributed by atoms with Gasteiger partial charge >= 0.3 is 11.9 Å². The van der Waals surface area contributed by atoms with Crippen LogP contribution in [0.5, 0.6) is 0 Å². The minimum atomic E-state index is -0.935. The van der Waals surface area contributed by atoms with E-state index in [0.29, 0.717) is 19.8 Å². The van der Waals surface area contributed by atoms with Crippen LogP contribution in [-0.2, 0) is 23.8 Å². The molecular formula is C23H32O6. The van der Waals surface area contributed by atoms with Crippen molar-refractivity contribution in [3.8, 4) is 0 Å². The Labute approximate surface area is 173 Å². The third-order valence-corrected chi connectivity index (χ3v) is 3.41. The molecule has 0 atom stereocenters. The minimum absolute atomic E-state index is 0.176. The topological polar surface area (TPSA) is 82.1 Å². The third kappa shape index (κ3) is 15.7. The van der Waals surface area contributed by atoms with Crippen molar-refractivity contribution in [2.75, 3.05) is 19.8 Å². The molecule has 2 aliphatic rings. The Morgan fingerprint density at radius 1 is 1.07 bits per heavy atom. The van der Waals surface area contributed by atoms with Crippen molar-refractivity contribution in [1.29, 1.82) is 0 Å². The van der Waals surface area contributed by atoms with Gasteiger partial charge in [0.1, 0.15) is 13.2 Å². The molecule has 0 bridgehead atoms. The molecule has 2 rings (SSSR count). The molecule has 0 saturated carbocycles. The highest BCUT2D eigenvalue weighted by Gasteiger charge is 2.02. The standard InChI is InChI=1S/C12H14O2.C7H12O2.C4H6O2/c1-2-6-11(5-1)13-9-10-14-12-7-3-4-8-12;1-3-5-6-9-7(8)4-2;1-3(2)4(5)6/h1-5,7H,6,8-10H2;4H,2-3,5-6H2,1H3;1H2,2H3,(H,5,6). The first-order valence-electron chi connectivity index (χ1n) is 9.55. The molecule has 0 aliphatic heterocycles. The van der Waals surface area contributed by atoms with Gasteiger partial charge in [-0.3, -0.25) is 0 Å². The second-order valence-corrected chi connectivity index (χ2v) is 6.04. The van der Waals surface area contributed by atoms with Crippen molar-refractivity contribution in [1.82, 2.24) is 0 Å². The molecule has 0 aromatic heterocycles. The van der Waals surface area contributed by atoms with E-state index in [4.69, 9.17) is 14.6 Å². The van der Waals surface area contributed by atoms with Crippen molar-refractivity contribution >= 4 is 11.9 Å². The molecule has 0 saturated heterocycles. The number of esters is 1. The first kappa shape index (κ1) is 26.0. The van der Waals surface area contributed by atoms with E-state index in [1.54, 1.807) is 0 Å². The lowest BCUT2D eigenvalue weighted by Crippen LogP contribution is -2.02. The van der Waals surface area contributed by atoms with Crippen LogP contribution in [0.3, 0.4) is 0 Å². The summed E-state index contributed by atoms with van der Waals surface area (Å²) in [5.41, 5.74) is 0.176. The van der Waals surface area contributed by atoms with Crippen LogP contribution in [0.4, 0.5) is 0 Å². The molecule has 0 fully saturated rings. The number of allylic oxidation sites excluding steroid dienone is 6. The van der Waals surface area contributed by atoms with E-state index in [1.807, 2.05) is 31.2 Å². The van der Waals surface area contributed by atoms with Crippen LogP contribution in [0.2, 0.25) is 0 Å². The molecule has 1 N–H and O–H groups in total. The van der Waals surface area contributed by atoms with E-state index in [2.05, 4.69) is 30.0 Å². The van der Waals surface area contributed by atoms with E-state index in [0.717, 1.165) is 37.2 Å². The normalized spacial score (nSPS) is 13.0. The highest BCUT2D eigenvalue weighted by Crippen LogP contribution is 2.13. The van der Waals surface area contributed by atoms with E-state index in [1.165, 1.54) is 13.0 Å². The SMILES string of the molecule is C1=CCC(OCCOC2=CC=CC2)=C1.C=C(C)C(=O)O.C=CC(=O)OCCCC. The van der Waals surface area contributed by atoms with Gasteiger partial charge in [-0.1, -0.05) is 50.8 Å². The summed E-state index contributed by atoms with van der Waals surface area (Å²) in [4.78, 5) is 19.9. The molecule has 29 heavy (non-hydrogen) atoms. The maximum absolute atomic E-state index is 10.3. The molecule has 0 heterocycles. The highest BCUT2D eigenvalue weighted by molar-refractivity contribution is 5.84. The Morgan fingerprint density at radius 2 is 1.55 bits per heavy atom. The van der Waals surface area contributed by atoms with Gasteiger partial charge in [0, 0.05) is 24.5 Å². The second-order valence-electron chi connectivity index (χ2n) is 6.04. The summed E-state index contributed by atoms with van der Waals surface area (Å²) in [6.45, 7) is 11.7. The number of carbonyl (C=O) groups excluding carboxylic acids is 1. The molecule has 2 aliphatic carbocycles. The summed E-state index contributed by atoms with van der Waals surface area (Å²) < 4.78 is 15.7. The minimum Gasteiger partial charge on any atom is -0.494 e. The van der Waals surface area contributed by atoms with Crippen molar-refractivity contribution in [2.45, 2.75) is 39.5 Å². The average molecular weight is 405 g/mol. The summed E-state index contributed by atoms with van der Waals surface area (Å²) in [7, 11) is 0. The first-order valence-corrected chi connectivity index (χ1v) is 9.55. The lowest BCUT2D eigenvalue weighted by molar-refractivity contribution is -0.138. The number of unbranched alkanes of at least 4 members (excludes halogenated alkanes) is 1. The van der Waals surface area contributed by atoms with Gasteiger partial charge in [-0.05, 0) is 25.5 Å². The lowest BCUT2D eigenvalue weighted by atomic mass is 10.4. The van der Waals surface area contributed by atoms with Crippen molar-refractivity contribution < 1.29 is 28.9 Å². The van der Waals surface area contributed by atoms with Crippen LogP contribution in [0.15, 0.2) is 72.8 Å². The maximum atomic E-state index is 10.3. The fraction of sp³-hybridized carbons (Fsp3) is 0.391. The van der Waals surface area contributed by atoms with E-state index >= 15 is 0 Å². The molecule has 6 nitrogen and oxygen atoms in total. The Bertz CT molecular complexity index is 608. The van der Waals surface area contributed by atoms with Crippen LogP contribution in [0.1, 0.15) is 39.5 Å². The molecule has 0 spiro atoms. The molecule has 0 amide bonds. The van der Waals surface area contributed by atoms with Gasteiger partial charge in [-0.25, -0.2) is 9.59 Å². The van der Waals surface area contributed by atoms with Crippen molar-refractivity contribution in [3.63, 3.8) is 0 Å². The van der Waals surface area contributed by atoms with Gasteiger partial charge in [-0.15, -0.1) is 0 Å². The quantitative estimate of drug-likeness (QED) is 0.318. The van der Waals surface area contributed by atoms with Crippen LogP contribution >= 0.6 is 0 Å². The Balaban J connectivity index is 0.000000453. The van der Waals surface area contributed by atoms with Crippen molar-refractivity contribution in [3.05, 3.63) is 72.8 Å². The van der Waals surface area contributed by atoms with Crippen LogP contribution in [0.25, 0.3) is 0 Å². The number of ether oxygens (including phenoxy) is 3. The summed E-state index contributed by atoms with van der Waals surface area (Å²) in [5.74, 6) is 0.803. The Kier molecular flexibility index (Phi) is 15.3. The molecule has 160 valence electrons. The number of carbonyl (C=O) groups is 2. The van der Waals surface area contributed by atoms with E-state index in [-0.39, 0.29) is 11.5 Å². The largest absolute Gasteiger partial charge is 0.494 e. The molecule has 0 aromatic rings. The number of rotatable bonds is 10. The van der Waals surface area contributed by atoms with Gasteiger partial charge in [0.25, 0.3) is 0 Å². The fourth-order valence-corrected chi connectivity index (χ4v) is 1.79. The second kappa shape index (κ2) is 17.1. The van der Waals surface area contributed by atoms with Crippen LogP contribution in [0, 0.1) is 0 Å². The number of aliphatic carboxylic acids is 1. The molecular weight excluding hydrogens is 372 g/mol. The summed E-state index contributed by atoms with van der Waals surface area (Å²) in [6, 6.07) is 0. The predicted octanol–water partition coefficient (Wildman–Crippen LogP) is 4.87. The molecule has 6 heteroatoms. The van der Waals surface area contributed by atoms with Crippen LogP contribution in [-0.4, -0.2) is 36.9 Å². The van der Waals surface area contributed by atoms with Gasteiger partial charge < -0.3 is 19.3 Å². The Hall–Kier alpha value is -3.02. The molecule has 0 unspecified atom stereocenters. The molecule has 0 radical (unpaired) electrons. The zero-order valence-corrected chi connectivity index (χ0v) is 17.4.